The van der Waals surface area contributed by atoms with Crippen molar-refractivity contribution in [3.8, 4) is 0 Å². The van der Waals surface area contributed by atoms with Crippen molar-refractivity contribution in [3.63, 3.8) is 0 Å². The lowest BCUT2D eigenvalue weighted by atomic mass is 10.1. The molecule has 1 atom stereocenters. The normalized spacial score (nSPS) is 13.1. The van der Waals surface area contributed by atoms with E-state index in [1.54, 1.807) is 7.11 Å². The summed E-state index contributed by atoms with van der Waals surface area (Å²) in [5.74, 6) is 0. The van der Waals surface area contributed by atoms with Crippen LogP contribution in [0.2, 0.25) is 5.02 Å². The van der Waals surface area contributed by atoms with E-state index in [-0.39, 0.29) is 0 Å². The summed E-state index contributed by atoms with van der Waals surface area (Å²) >= 11 is 5.97. The second-order valence-corrected chi connectivity index (χ2v) is 4.80. The molecule has 0 saturated carbocycles. The lowest BCUT2D eigenvalue weighted by Crippen LogP contribution is -2.31. The highest BCUT2D eigenvalue weighted by molar-refractivity contribution is 6.31. The smallest absolute Gasteiger partial charge is 0.0900 e. The van der Waals surface area contributed by atoms with Crippen molar-refractivity contribution in [1.82, 2.24) is 4.90 Å². The van der Waals surface area contributed by atoms with Crippen molar-refractivity contribution >= 4 is 11.6 Å². The minimum absolute atomic E-state index is 0.365. The molecule has 1 aromatic rings. The van der Waals surface area contributed by atoms with E-state index in [4.69, 9.17) is 16.3 Å². The van der Waals surface area contributed by atoms with Crippen LogP contribution < -0.4 is 0 Å². The number of aliphatic hydroxyl groups is 1. The lowest BCUT2D eigenvalue weighted by Gasteiger charge is -2.20. The molecule has 0 fully saturated rings. The summed E-state index contributed by atoms with van der Waals surface area (Å²) in [4.78, 5) is 2.06. The molecule has 0 spiro atoms. The standard InChI is InChI=1S/C13H20ClNO2/c1-10-6-11(4-5-13(10)14)7-15(2)8-12(16)9-17-3/h4-6,12,16H,7-9H2,1-3H3/t12-/m1/s1. The van der Waals surface area contributed by atoms with Crippen molar-refractivity contribution < 1.29 is 9.84 Å². The summed E-state index contributed by atoms with van der Waals surface area (Å²) in [5, 5.41) is 10.4. The molecule has 0 amide bonds. The molecule has 1 rings (SSSR count). The minimum atomic E-state index is -0.446. The molecule has 96 valence electrons. The van der Waals surface area contributed by atoms with Crippen molar-refractivity contribution in [2.24, 2.45) is 0 Å². The maximum absolute atomic E-state index is 9.61. The Kier molecular flexibility index (Phi) is 5.92. The zero-order valence-electron chi connectivity index (χ0n) is 10.6. The molecule has 0 radical (unpaired) electrons. The van der Waals surface area contributed by atoms with Crippen molar-refractivity contribution in [1.29, 1.82) is 0 Å². The Morgan fingerprint density at radius 1 is 1.47 bits per heavy atom. The third kappa shape index (κ3) is 5.04. The van der Waals surface area contributed by atoms with Gasteiger partial charge in [0.1, 0.15) is 0 Å². The molecule has 0 bridgehead atoms. The van der Waals surface area contributed by atoms with Crippen LogP contribution in [0.3, 0.4) is 0 Å². The zero-order chi connectivity index (χ0) is 12.8. The second-order valence-electron chi connectivity index (χ2n) is 4.39. The van der Waals surface area contributed by atoms with Crippen LogP contribution in [0.25, 0.3) is 0 Å². The van der Waals surface area contributed by atoms with Gasteiger partial charge in [0.2, 0.25) is 0 Å². The molecule has 0 aliphatic heterocycles. The predicted octanol–water partition coefficient (Wildman–Crippen LogP) is 2.09. The fourth-order valence-electron chi connectivity index (χ4n) is 1.79. The van der Waals surface area contributed by atoms with Gasteiger partial charge < -0.3 is 9.84 Å². The van der Waals surface area contributed by atoms with E-state index >= 15 is 0 Å². The van der Waals surface area contributed by atoms with Crippen LogP contribution in [0.4, 0.5) is 0 Å². The first-order chi connectivity index (χ1) is 8.02. The highest BCUT2D eigenvalue weighted by atomic mass is 35.5. The first-order valence-electron chi connectivity index (χ1n) is 5.63. The fourth-order valence-corrected chi connectivity index (χ4v) is 1.90. The maximum atomic E-state index is 9.61. The zero-order valence-corrected chi connectivity index (χ0v) is 11.4. The first kappa shape index (κ1) is 14.5. The van der Waals surface area contributed by atoms with Crippen LogP contribution in [0.15, 0.2) is 18.2 Å². The molecular weight excluding hydrogens is 238 g/mol. The molecule has 0 aliphatic rings. The lowest BCUT2D eigenvalue weighted by molar-refractivity contribution is 0.0419. The van der Waals surface area contributed by atoms with Crippen LogP contribution in [0.1, 0.15) is 11.1 Å². The van der Waals surface area contributed by atoms with Crippen molar-refractivity contribution in [3.05, 3.63) is 34.3 Å². The third-order valence-electron chi connectivity index (χ3n) is 2.56. The molecule has 1 N–H and O–H groups in total. The van der Waals surface area contributed by atoms with Gasteiger partial charge in [-0.25, -0.2) is 0 Å². The van der Waals surface area contributed by atoms with Crippen molar-refractivity contribution in [2.75, 3.05) is 27.3 Å². The predicted molar refractivity (Wildman–Crippen MR) is 70.4 cm³/mol. The molecule has 0 saturated heterocycles. The monoisotopic (exact) mass is 257 g/mol. The molecule has 0 heterocycles. The number of likely N-dealkylation sites (N-methyl/N-ethyl adjacent to an activating group) is 1. The highest BCUT2D eigenvalue weighted by Gasteiger charge is 2.08. The maximum Gasteiger partial charge on any atom is 0.0900 e. The average molecular weight is 258 g/mol. The third-order valence-corrected chi connectivity index (χ3v) is 2.98. The Morgan fingerprint density at radius 2 is 2.18 bits per heavy atom. The van der Waals surface area contributed by atoms with Crippen LogP contribution in [-0.4, -0.2) is 43.4 Å². The van der Waals surface area contributed by atoms with Gasteiger partial charge in [-0.15, -0.1) is 0 Å². The Labute approximate surface area is 108 Å². The summed E-state index contributed by atoms with van der Waals surface area (Å²) in [7, 11) is 3.56. The van der Waals surface area contributed by atoms with Crippen LogP contribution >= 0.6 is 11.6 Å². The number of nitrogens with zero attached hydrogens (tertiary/aromatic N) is 1. The summed E-state index contributed by atoms with van der Waals surface area (Å²) in [6, 6.07) is 5.99. The van der Waals surface area contributed by atoms with Gasteiger partial charge >= 0.3 is 0 Å². The first-order valence-corrected chi connectivity index (χ1v) is 6.01. The van der Waals surface area contributed by atoms with Crippen LogP contribution in [0, 0.1) is 6.92 Å². The number of methoxy groups -OCH3 is 1. The number of hydrogen-bond donors (Lipinski definition) is 1. The minimum Gasteiger partial charge on any atom is -0.389 e. The summed E-state index contributed by atoms with van der Waals surface area (Å²) in [5.41, 5.74) is 2.27. The number of rotatable bonds is 6. The van der Waals surface area contributed by atoms with Gasteiger partial charge in [-0.3, -0.25) is 4.90 Å². The molecule has 0 unspecified atom stereocenters. The summed E-state index contributed by atoms with van der Waals surface area (Å²) in [6.07, 6.45) is -0.446. The molecule has 0 aromatic heterocycles. The number of hydrogen-bond acceptors (Lipinski definition) is 3. The van der Waals surface area contributed by atoms with Gasteiger partial charge in [0.15, 0.2) is 0 Å². The molecule has 1 aromatic carbocycles. The largest absolute Gasteiger partial charge is 0.389 e. The topological polar surface area (TPSA) is 32.7 Å². The van der Waals surface area contributed by atoms with E-state index in [0.29, 0.717) is 13.2 Å². The van der Waals surface area contributed by atoms with Crippen LogP contribution in [-0.2, 0) is 11.3 Å². The Hall–Kier alpha value is -0.610. The molecule has 3 nitrogen and oxygen atoms in total. The van der Waals surface area contributed by atoms with Gasteiger partial charge in [0.05, 0.1) is 12.7 Å². The molecule has 0 aliphatic carbocycles. The van der Waals surface area contributed by atoms with E-state index in [0.717, 1.165) is 17.1 Å². The Bertz CT molecular complexity index is 357. The molecule has 17 heavy (non-hydrogen) atoms. The van der Waals surface area contributed by atoms with Gasteiger partial charge in [-0.2, -0.15) is 0 Å². The van der Waals surface area contributed by atoms with E-state index < -0.39 is 6.10 Å². The van der Waals surface area contributed by atoms with Gasteiger partial charge in [-0.05, 0) is 31.2 Å². The number of benzene rings is 1. The van der Waals surface area contributed by atoms with E-state index in [2.05, 4.69) is 11.0 Å². The Balaban J connectivity index is 2.50. The van der Waals surface area contributed by atoms with E-state index in [1.807, 2.05) is 26.1 Å². The highest BCUT2D eigenvalue weighted by Crippen LogP contribution is 2.17. The van der Waals surface area contributed by atoms with E-state index in [1.165, 1.54) is 5.56 Å². The summed E-state index contributed by atoms with van der Waals surface area (Å²) < 4.78 is 4.90. The number of halogens is 1. The van der Waals surface area contributed by atoms with Gasteiger partial charge in [0.25, 0.3) is 0 Å². The average Bonchev–Trinajstić information content (AvgIpc) is 2.23. The van der Waals surface area contributed by atoms with Gasteiger partial charge in [0, 0.05) is 25.2 Å². The molecule has 4 heteroatoms. The Morgan fingerprint density at radius 3 is 2.76 bits per heavy atom. The van der Waals surface area contributed by atoms with E-state index in [9.17, 15) is 5.11 Å². The van der Waals surface area contributed by atoms with Crippen molar-refractivity contribution in [2.45, 2.75) is 19.6 Å². The summed E-state index contributed by atoms with van der Waals surface area (Å²) in [6.45, 7) is 3.74. The number of ether oxygens (including phenoxy) is 1. The second kappa shape index (κ2) is 6.97. The molecular formula is C13H20ClNO2. The van der Waals surface area contributed by atoms with Crippen LogP contribution in [0.5, 0.6) is 0 Å². The van der Waals surface area contributed by atoms with Gasteiger partial charge in [-0.1, -0.05) is 23.7 Å². The number of aryl methyl sites for hydroxylation is 1. The SMILES string of the molecule is COC[C@H](O)CN(C)Cc1ccc(Cl)c(C)c1. The fraction of sp³-hybridized carbons (Fsp3) is 0.538. The number of aliphatic hydroxyl groups excluding tert-OH is 1. The quantitative estimate of drug-likeness (QED) is 0.847.